The highest BCUT2D eigenvalue weighted by Gasteiger charge is 2.18. The van der Waals surface area contributed by atoms with Crippen LogP contribution in [0.1, 0.15) is 0 Å². The molecule has 9 aromatic carbocycles. The predicted molar refractivity (Wildman–Crippen MR) is 251 cm³/mol. The summed E-state index contributed by atoms with van der Waals surface area (Å²) in [4.78, 5) is 15.5. The molecular weight excluding hydrogens is 743 g/mol. The van der Waals surface area contributed by atoms with Crippen LogP contribution in [0.3, 0.4) is 0 Å². The van der Waals surface area contributed by atoms with Crippen molar-refractivity contribution >= 4 is 21.9 Å². The smallest absolute Gasteiger partial charge is 0.164 e. The molecule has 0 atom stereocenters. The summed E-state index contributed by atoms with van der Waals surface area (Å²) < 4.78 is 6.32. The number of para-hydroxylation sites is 2. The van der Waals surface area contributed by atoms with Gasteiger partial charge in [-0.15, -0.1) is 0 Å². The third kappa shape index (κ3) is 6.86. The van der Waals surface area contributed by atoms with Gasteiger partial charge in [-0.2, -0.15) is 0 Å². The van der Waals surface area contributed by atoms with Crippen molar-refractivity contribution in [2.24, 2.45) is 0 Å². The molecule has 0 saturated carbocycles. The van der Waals surface area contributed by atoms with Gasteiger partial charge in [0, 0.05) is 33.0 Å². The second-order valence-electron chi connectivity index (χ2n) is 15.1. The summed E-state index contributed by atoms with van der Waals surface area (Å²) in [6.07, 6.45) is 0. The number of hydrogen-bond donors (Lipinski definition) is 0. The molecule has 11 aromatic rings. The van der Waals surface area contributed by atoms with Gasteiger partial charge in [-0.3, -0.25) is 0 Å². The van der Waals surface area contributed by atoms with Crippen LogP contribution in [0.4, 0.5) is 0 Å². The van der Waals surface area contributed by atoms with Gasteiger partial charge in [-0.05, 0) is 56.1 Å². The Morgan fingerprint density at radius 1 is 0.230 bits per heavy atom. The molecule has 0 fully saturated rings. The fourth-order valence-corrected chi connectivity index (χ4v) is 8.32. The third-order valence-corrected chi connectivity index (χ3v) is 11.4. The van der Waals surface area contributed by atoms with Gasteiger partial charge in [-0.25, -0.2) is 15.0 Å². The molecule has 61 heavy (non-hydrogen) atoms. The Hall–Kier alpha value is -8.21. The van der Waals surface area contributed by atoms with Gasteiger partial charge in [0.1, 0.15) is 11.2 Å². The second-order valence-corrected chi connectivity index (χ2v) is 15.1. The number of aromatic nitrogens is 3. The third-order valence-electron chi connectivity index (χ3n) is 11.4. The Bertz CT molecular complexity index is 3220. The van der Waals surface area contributed by atoms with Crippen LogP contribution in [0.15, 0.2) is 229 Å². The van der Waals surface area contributed by atoms with E-state index in [0.29, 0.717) is 17.5 Å². The van der Waals surface area contributed by atoms with Crippen LogP contribution in [0.5, 0.6) is 0 Å². The number of rotatable bonds is 8. The van der Waals surface area contributed by atoms with E-state index in [1.807, 2.05) is 36.4 Å². The van der Waals surface area contributed by atoms with Crippen molar-refractivity contribution in [3.05, 3.63) is 224 Å². The van der Waals surface area contributed by atoms with Gasteiger partial charge in [0.2, 0.25) is 0 Å². The van der Waals surface area contributed by atoms with E-state index in [4.69, 9.17) is 19.4 Å². The maximum atomic E-state index is 6.32. The maximum Gasteiger partial charge on any atom is 0.164 e. The van der Waals surface area contributed by atoms with Crippen molar-refractivity contribution in [1.29, 1.82) is 0 Å². The van der Waals surface area contributed by atoms with Crippen LogP contribution in [0.25, 0.3) is 112 Å². The Morgan fingerprint density at radius 3 is 1.11 bits per heavy atom. The van der Waals surface area contributed by atoms with Crippen molar-refractivity contribution in [3.8, 4) is 89.8 Å². The summed E-state index contributed by atoms with van der Waals surface area (Å²) in [5.74, 6) is 1.87. The monoisotopic (exact) mass is 779 g/mol. The lowest BCUT2D eigenvalue weighted by molar-refractivity contribution is 0.670. The highest BCUT2D eigenvalue weighted by molar-refractivity contribution is 6.09. The molecule has 0 N–H and O–H groups in total. The summed E-state index contributed by atoms with van der Waals surface area (Å²) in [6.45, 7) is 0. The van der Waals surface area contributed by atoms with Crippen molar-refractivity contribution < 1.29 is 4.42 Å². The van der Waals surface area contributed by atoms with E-state index in [2.05, 4.69) is 188 Å². The number of benzene rings is 9. The number of fused-ring (bicyclic) bond motifs is 3. The van der Waals surface area contributed by atoms with Gasteiger partial charge in [0.25, 0.3) is 0 Å². The molecule has 0 amide bonds. The van der Waals surface area contributed by atoms with Crippen LogP contribution in [-0.4, -0.2) is 15.0 Å². The van der Waals surface area contributed by atoms with Gasteiger partial charge in [0.05, 0.1) is 0 Å². The maximum absolute atomic E-state index is 6.32. The van der Waals surface area contributed by atoms with E-state index in [-0.39, 0.29) is 0 Å². The first-order chi connectivity index (χ1) is 30.2. The number of hydrogen-bond acceptors (Lipinski definition) is 4. The predicted octanol–water partition coefficient (Wildman–Crippen LogP) is 15.1. The van der Waals surface area contributed by atoms with E-state index in [0.717, 1.165) is 94.3 Å². The minimum absolute atomic E-state index is 0.618. The highest BCUT2D eigenvalue weighted by atomic mass is 16.3. The molecule has 0 radical (unpaired) electrons. The summed E-state index contributed by atoms with van der Waals surface area (Å²) in [5.41, 5.74) is 15.8. The van der Waals surface area contributed by atoms with Crippen molar-refractivity contribution in [1.82, 2.24) is 15.0 Å². The largest absolute Gasteiger partial charge is 0.455 e. The molecule has 0 aliphatic heterocycles. The first kappa shape index (κ1) is 35.9. The van der Waals surface area contributed by atoms with Crippen LogP contribution in [-0.2, 0) is 0 Å². The lowest BCUT2D eigenvalue weighted by Crippen LogP contribution is -2.02. The minimum Gasteiger partial charge on any atom is -0.455 e. The van der Waals surface area contributed by atoms with Gasteiger partial charge in [0.15, 0.2) is 17.5 Å². The normalized spacial score (nSPS) is 11.3. The molecule has 0 unspecified atom stereocenters. The molecule has 4 nitrogen and oxygen atoms in total. The van der Waals surface area contributed by atoms with Gasteiger partial charge >= 0.3 is 0 Å². The van der Waals surface area contributed by atoms with Crippen LogP contribution in [0, 0.1) is 0 Å². The minimum atomic E-state index is 0.618. The SMILES string of the molecule is c1ccc(-c2ccccc2-c2nc(-c3ccc(-c4ccc(-c5ccc(-c6cccc7c6oc6ccccc67)cc5)cc4)cc3)nc(-c3ccccc3-c3ccccc3)n2)cc1. The van der Waals surface area contributed by atoms with Gasteiger partial charge < -0.3 is 4.42 Å². The van der Waals surface area contributed by atoms with Gasteiger partial charge in [-0.1, -0.05) is 218 Å². The molecule has 0 saturated heterocycles. The number of furan rings is 1. The molecule has 2 heterocycles. The number of nitrogens with zero attached hydrogens (tertiary/aromatic N) is 3. The van der Waals surface area contributed by atoms with Crippen molar-refractivity contribution in [2.75, 3.05) is 0 Å². The average molecular weight is 780 g/mol. The summed E-state index contributed by atoms with van der Waals surface area (Å²) in [7, 11) is 0. The Kier molecular flexibility index (Phi) is 9.14. The second kappa shape index (κ2) is 15.5. The Labute approximate surface area is 354 Å². The molecule has 2 aromatic heterocycles. The van der Waals surface area contributed by atoms with Crippen molar-refractivity contribution in [2.45, 2.75) is 0 Å². The zero-order valence-corrected chi connectivity index (χ0v) is 33.1. The van der Waals surface area contributed by atoms with E-state index in [1.165, 1.54) is 0 Å². The summed E-state index contributed by atoms with van der Waals surface area (Å²) >= 11 is 0. The zero-order chi connectivity index (χ0) is 40.5. The first-order valence-corrected chi connectivity index (χ1v) is 20.5. The van der Waals surface area contributed by atoms with E-state index >= 15 is 0 Å². The molecular formula is C57H37N3O. The molecule has 0 bridgehead atoms. The van der Waals surface area contributed by atoms with E-state index < -0.39 is 0 Å². The Balaban J connectivity index is 0.914. The molecule has 0 aliphatic rings. The van der Waals surface area contributed by atoms with Crippen LogP contribution >= 0.6 is 0 Å². The Morgan fingerprint density at radius 2 is 0.590 bits per heavy atom. The fourth-order valence-electron chi connectivity index (χ4n) is 8.32. The molecule has 0 aliphatic carbocycles. The molecule has 4 heteroatoms. The van der Waals surface area contributed by atoms with E-state index in [1.54, 1.807) is 0 Å². The molecule has 286 valence electrons. The lowest BCUT2D eigenvalue weighted by atomic mass is 9.97. The zero-order valence-electron chi connectivity index (χ0n) is 33.1. The van der Waals surface area contributed by atoms with Crippen molar-refractivity contribution in [3.63, 3.8) is 0 Å². The average Bonchev–Trinajstić information content (AvgIpc) is 3.74. The van der Waals surface area contributed by atoms with E-state index in [9.17, 15) is 0 Å². The quantitative estimate of drug-likeness (QED) is 0.154. The summed E-state index contributed by atoms with van der Waals surface area (Å²) in [6, 6.07) is 78.1. The molecule has 0 spiro atoms. The summed E-state index contributed by atoms with van der Waals surface area (Å²) in [5, 5.41) is 2.28. The topological polar surface area (TPSA) is 51.8 Å². The van der Waals surface area contributed by atoms with Crippen LogP contribution < -0.4 is 0 Å². The molecule has 11 rings (SSSR count). The fraction of sp³-hybridized carbons (Fsp3) is 0. The standard InChI is InChI=1S/C57H37N3O/c1-3-14-42(15-4-1)46-18-7-9-21-51(46)56-58-55(59-57(60-56)52-22-10-8-19-47(52)43-16-5-2-6-17-43)45-36-32-41(33-37-45)39-28-26-38(27-29-39)40-30-34-44(35-31-40)48-23-13-24-50-49-20-11-12-25-53(49)61-54(48)50/h1-37H. The lowest BCUT2D eigenvalue weighted by Gasteiger charge is -2.14. The first-order valence-electron chi connectivity index (χ1n) is 20.5. The highest BCUT2D eigenvalue weighted by Crippen LogP contribution is 2.38. The van der Waals surface area contributed by atoms with Crippen LogP contribution in [0.2, 0.25) is 0 Å².